The highest BCUT2D eigenvalue weighted by Crippen LogP contribution is 2.51. The molecular weight excluding hydrogens is 452 g/mol. The first kappa shape index (κ1) is 25.0. The lowest BCUT2D eigenvalue weighted by Gasteiger charge is -2.42. The van der Waals surface area contributed by atoms with Gasteiger partial charge in [-0.1, -0.05) is 46.2 Å². The lowest BCUT2D eigenvalue weighted by Crippen LogP contribution is -2.34. The van der Waals surface area contributed by atoms with Crippen LogP contribution in [0.5, 0.6) is 5.75 Å². The molecule has 0 saturated heterocycles. The Bertz CT molecular complexity index is 1100. The molecule has 0 atom stereocenters. The van der Waals surface area contributed by atoms with E-state index < -0.39 is 29.1 Å². The summed E-state index contributed by atoms with van der Waals surface area (Å²) in [5.41, 5.74) is -0.0740. The maximum absolute atomic E-state index is 14.4. The molecule has 3 rings (SSSR count). The van der Waals surface area contributed by atoms with Gasteiger partial charge in [-0.3, -0.25) is 4.79 Å². The number of ether oxygens (including phenoxy) is 1. The molecule has 1 aliphatic rings. The number of benzene rings is 2. The number of carbonyl (C=O) groups excluding carboxylic acids is 2. The fourth-order valence-corrected chi connectivity index (χ4v) is 4.66. The second kappa shape index (κ2) is 8.93. The second-order valence-electron chi connectivity index (χ2n) is 9.68. The molecule has 0 radical (unpaired) electrons. The number of anilines is 1. The molecule has 1 aliphatic carbocycles. The van der Waals surface area contributed by atoms with E-state index in [0.29, 0.717) is 6.42 Å². The van der Waals surface area contributed by atoms with Gasteiger partial charge >= 0.3 is 5.97 Å². The summed E-state index contributed by atoms with van der Waals surface area (Å²) in [6.07, 6.45) is 2.23. The van der Waals surface area contributed by atoms with Gasteiger partial charge in [0.2, 0.25) is 0 Å². The van der Waals surface area contributed by atoms with E-state index in [1.54, 1.807) is 13.0 Å². The molecular formula is C25H28ClF2NO4. The Morgan fingerprint density at radius 3 is 2.24 bits per heavy atom. The molecule has 0 heterocycles. The first-order valence-electron chi connectivity index (χ1n) is 10.8. The number of fused-ring (bicyclic) bond motifs is 1. The Labute approximate surface area is 197 Å². The van der Waals surface area contributed by atoms with Crippen molar-refractivity contribution >= 4 is 29.2 Å². The van der Waals surface area contributed by atoms with Gasteiger partial charge in [0.25, 0.3) is 5.91 Å². The third-order valence-electron chi connectivity index (χ3n) is 6.21. The zero-order chi connectivity index (χ0) is 24.7. The molecule has 178 valence electrons. The van der Waals surface area contributed by atoms with E-state index in [1.165, 1.54) is 0 Å². The molecule has 0 saturated carbocycles. The quantitative estimate of drug-likeness (QED) is 0.480. The molecule has 8 heteroatoms. The van der Waals surface area contributed by atoms with Crippen molar-refractivity contribution in [1.82, 2.24) is 0 Å². The van der Waals surface area contributed by atoms with Crippen molar-refractivity contribution in [3.05, 3.63) is 57.1 Å². The van der Waals surface area contributed by atoms with Crippen LogP contribution in [0.1, 0.15) is 85.7 Å². The van der Waals surface area contributed by atoms with Gasteiger partial charge in [0, 0.05) is 5.69 Å². The van der Waals surface area contributed by atoms with Crippen LogP contribution in [0.15, 0.2) is 18.2 Å². The summed E-state index contributed by atoms with van der Waals surface area (Å²) < 4.78 is 33.7. The highest BCUT2D eigenvalue weighted by Gasteiger charge is 2.40. The van der Waals surface area contributed by atoms with Gasteiger partial charge in [0.15, 0.2) is 0 Å². The van der Waals surface area contributed by atoms with E-state index in [1.807, 2.05) is 27.7 Å². The largest absolute Gasteiger partial charge is 0.506 e. The predicted octanol–water partition coefficient (Wildman–Crippen LogP) is 6.49. The number of phenolic OH excluding ortho intramolecular Hbond substituents is 1. The van der Waals surface area contributed by atoms with Crippen molar-refractivity contribution in [3.8, 4) is 5.75 Å². The number of hydrogen-bond donors (Lipinski definition) is 2. The highest BCUT2D eigenvalue weighted by atomic mass is 35.5. The smallest absolute Gasteiger partial charge is 0.344 e. The number of amides is 1. The molecule has 0 fully saturated rings. The van der Waals surface area contributed by atoms with Crippen LogP contribution >= 0.6 is 11.6 Å². The SMILES string of the molecule is CCCOC(=O)c1c(F)cc(NC(=O)c2cc3c(c(Cl)c2O)C(C)(C)CCC3(C)C)cc1F. The molecule has 1 amide bonds. The summed E-state index contributed by atoms with van der Waals surface area (Å²) in [4.78, 5) is 24.9. The van der Waals surface area contributed by atoms with Crippen LogP contribution in [0.3, 0.4) is 0 Å². The Kier molecular flexibility index (Phi) is 6.76. The zero-order valence-electron chi connectivity index (χ0n) is 19.4. The number of hydrogen-bond acceptors (Lipinski definition) is 4. The standard InChI is InChI=1S/C25H28ClF2NO4/c1-6-9-33-23(32)18-16(27)10-13(11-17(18)28)29-22(31)14-12-15-19(20(26)21(14)30)25(4,5)8-7-24(15,2)3/h10-12,30H,6-9H2,1-5H3,(H,29,31). The number of phenols is 1. The number of halogens is 3. The second-order valence-corrected chi connectivity index (χ2v) is 10.1. The summed E-state index contributed by atoms with van der Waals surface area (Å²) in [6.45, 7) is 9.93. The monoisotopic (exact) mass is 479 g/mol. The minimum Gasteiger partial charge on any atom is -0.506 e. The van der Waals surface area contributed by atoms with Crippen LogP contribution in [0.2, 0.25) is 5.02 Å². The number of aromatic hydroxyl groups is 1. The molecule has 0 bridgehead atoms. The van der Waals surface area contributed by atoms with Crippen LogP contribution in [-0.2, 0) is 15.6 Å². The Balaban J connectivity index is 1.98. The van der Waals surface area contributed by atoms with E-state index in [9.17, 15) is 23.5 Å². The normalized spacial score (nSPS) is 16.1. The predicted molar refractivity (Wildman–Crippen MR) is 123 cm³/mol. The van der Waals surface area contributed by atoms with E-state index in [2.05, 4.69) is 5.32 Å². The molecule has 0 spiro atoms. The molecule has 0 aliphatic heterocycles. The Morgan fingerprint density at radius 2 is 1.67 bits per heavy atom. The van der Waals surface area contributed by atoms with Gasteiger partial charge in [-0.05, 0) is 59.4 Å². The summed E-state index contributed by atoms with van der Waals surface area (Å²) in [7, 11) is 0. The van der Waals surface area contributed by atoms with Gasteiger partial charge in [0.1, 0.15) is 22.9 Å². The number of esters is 1. The summed E-state index contributed by atoms with van der Waals surface area (Å²) in [5, 5.41) is 13.2. The van der Waals surface area contributed by atoms with Crippen LogP contribution in [-0.4, -0.2) is 23.6 Å². The van der Waals surface area contributed by atoms with Crippen molar-refractivity contribution in [2.45, 2.75) is 64.7 Å². The number of nitrogens with one attached hydrogen (secondary N) is 1. The van der Waals surface area contributed by atoms with Crippen molar-refractivity contribution < 1.29 is 28.2 Å². The van der Waals surface area contributed by atoms with Crippen molar-refractivity contribution in [1.29, 1.82) is 0 Å². The Morgan fingerprint density at radius 1 is 1.09 bits per heavy atom. The minimum atomic E-state index is -1.16. The van der Waals surface area contributed by atoms with Gasteiger partial charge in [-0.2, -0.15) is 0 Å². The Hall–Kier alpha value is -2.67. The zero-order valence-corrected chi connectivity index (χ0v) is 20.1. The minimum absolute atomic E-state index is 0.0295. The summed E-state index contributed by atoms with van der Waals surface area (Å²) >= 11 is 6.52. The molecule has 2 aromatic carbocycles. The first-order valence-corrected chi connectivity index (χ1v) is 11.2. The average Bonchev–Trinajstić information content (AvgIpc) is 2.71. The topological polar surface area (TPSA) is 75.6 Å². The van der Waals surface area contributed by atoms with Crippen LogP contribution in [0.4, 0.5) is 14.5 Å². The lowest BCUT2D eigenvalue weighted by molar-refractivity contribution is 0.0494. The maximum Gasteiger partial charge on any atom is 0.344 e. The third-order valence-corrected chi connectivity index (χ3v) is 6.58. The maximum atomic E-state index is 14.4. The van der Waals surface area contributed by atoms with Gasteiger partial charge in [-0.15, -0.1) is 0 Å². The average molecular weight is 480 g/mol. The number of rotatable bonds is 5. The van der Waals surface area contributed by atoms with Gasteiger partial charge in [0.05, 0.1) is 17.2 Å². The summed E-state index contributed by atoms with van der Waals surface area (Å²) in [6, 6.07) is 3.25. The van der Waals surface area contributed by atoms with E-state index in [-0.39, 0.29) is 39.5 Å². The van der Waals surface area contributed by atoms with Crippen LogP contribution in [0, 0.1) is 11.6 Å². The van der Waals surface area contributed by atoms with Crippen LogP contribution < -0.4 is 5.32 Å². The van der Waals surface area contributed by atoms with Crippen molar-refractivity contribution in [2.24, 2.45) is 0 Å². The lowest BCUT2D eigenvalue weighted by atomic mass is 9.63. The molecule has 5 nitrogen and oxygen atoms in total. The molecule has 33 heavy (non-hydrogen) atoms. The number of carbonyl (C=O) groups is 2. The summed E-state index contributed by atoms with van der Waals surface area (Å²) in [5.74, 6) is -4.62. The van der Waals surface area contributed by atoms with Crippen molar-refractivity contribution in [3.63, 3.8) is 0 Å². The molecule has 2 aromatic rings. The highest BCUT2D eigenvalue weighted by molar-refractivity contribution is 6.34. The third kappa shape index (κ3) is 4.69. The molecule has 0 aromatic heterocycles. The van der Waals surface area contributed by atoms with E-state index in [0.717, 1.165) is 36.1 Å². The van der Waals surface area contributed by atoms with Crippen molar-refractivity contribution in [2.75, 3.05) is 11.9 Å². The van der Waals surface area contributed by atoms with Gasteiger partial charge < -0.3 is 15.2 Å². The van der Waals surface area contributed by atoms with E-state index >= 15 is 0 Å². The molecule has 2 N–H and O–H groups in total. The fourth-order valence-electron chi connectivity index (χ4n) is 4.20. The van der Waals surface area contributed by atoms with E-state index in [4.69, 9.17) is 16.3 Å². The molecule has 0 unspecified atom stereocenters. The van der Waals surface area contributed by atoms with Crippen LogP contribution in [0.25, 0.3) is 0 Å². The van der Waals surface area contributed by atoms with Gasteiger partial charge in [-0.25, -0.2) is 13.6 Å². The first-order chi connectivity index (χ1) is 15.3. The fraction of sp³-hybridized carbons (Fsp3) is 0.440.